The van der Waals surface area contributed by atoms with Crippen LogP contribution in [0, 0.1) is 0 Å². The fourth-order valence-electron chi connectivity index (χ4n) is 3.11. The van der Waals surface area contributed by atoms with Gasteiger partial charge in [0.2, 0.25) is 5.91 Å². The van der Waals surface area contributed by atoms with Gasteiger partial charge >= 0.3 is 0 Å². The summed E-state index contributed by atoms with van der Waals surface area (Å²) in [6.45, 7) is 0.320. The van der Waals surface area contributed by atoms with Gasteiger partial charge in [0.1, 0.15) is 12.1 Å². The summed E-state index contributed by atoms with van der Waals surface area (Å²) in [6.07, 6.45) is 1.85. The predicted molar refractivity (Wildman–Crippen MR) is 102 cm³/mol. The highest BCUT2D eigenvalue weighted by Crippen LogP contribution is 2.15. The van der Waals surface area contributed by atoms with Gasteiger partial charge in [-0.25, -0.2) is 0 Å². The van der Waals surface area contributed by atoms with Crippen LogP contribution in [0.25, 0.3) is 16.6 Å². The van der Waals surface area contributed by atoms with Crippen molar-refractivity contribution < 1.29 is 4.79 Å². The molecule has 0 atom stereocenters. The van der Waals surface area contributed by atoms with Gasteiger partial charge in [-0.2, -0.15) is 0 Å². The second kappa shape index (κ2) is 6.69. The molecule has 2 aromatic heterocycles. The molecule has 6 heteroatoms. The molecule has 4 aromatic rings. The number of carbonyl (C=O) groups excluding carboxylic acids is 1. The normalized spacial score (nSPS) is 11.1. The monoisotopic (exact) mass is 365 g/mol. The second-order valence-electron chi connectivity index (χ2n) is 6.05. The predicted octanol–water partition coefficient (Wildman–Crippen LogP) is 3.22. The average Bonchev–Trinajstić information content (AvgIpc) is 3.14. The SMILES string of the molecule is O=C(Cn1c(=O)c2cccn2c2ccccc21)NCc1cccc(Cl)c1. The van der Waals surface area contributed by atoms with Crippen LogP contribution in [0.4, 0.5) is 0 Å². The molecule has 26 heavy (non-hydrogen) atoms. The highest BCUT2D eigenvalue weighted by Gasteiger charge is 2.12. The minimum Gasteiger partial charge on any atom is -0.350 e. The molecule has 0 unspecified atom stereocenters. The van der Waals surface area contributed by atoms with Crippen LogP contribution >= 0.6 is 11.6 Å². The summed E-state index contributed by atoms with van der Waals surface area (Å²) >= 11 is 5.96. The van der Waals surface area contributed by atoms with Gasteiger partial charge in [0.15, 0.2) is 0 Å². The number of rotatable bonds is 4. The van der Waals surface area contributed by atoms with Crippen molar-refractivity contribution in [3.8, 4) is 0 Å². The number of para-hydroxylation sites is 2. The summed E-state index contributed by atoms with van der Waals surface area (Å²) in [6, 6.07) is 18.4. The van der Waals surface area contributed by atoms with Gasteiger partial charge in [-0.1, -0.05) is 35.9 Å². The first-order chi connectivity index (χ1) is 12.6. The van der Waals surface area contributed by atoms with E-state index in [0.29, 0.717) is 17.1 Å². The molecule has 0 fully saturated rings. The Morgan fingerprint density at radius 2 is 1.73 bits per heavy atom. The number of hydrogen-bond acceptors (Lipinski definition) is 2. The topological polar surface area (TPSA) is 55.5 Å². The quantitative estimate of drug-likeness (QED) is 0.603. The Balaban J connectivity index is 1.64. The van der Waals surface area contributed by atoms with E-state index in [1.54, 1.807) is 18.2 Å². The summed E-state index contributed by atoms with van der Waals surface area (Å²) in [5.74, 6) is -0.229. The molecule has 2 heterocycles. The molecule has 2 aromatic carbocycles. The Bertz CT molecular complexity index is 1180. The molecular weight excluding hydrogens is 350 g/mol. The Hall–Kier alpha value is -3.05. The largest absolute Gasteiger partial charge is 0.350 e. The lowest BCUT2D eigenvalue weighted by Crippen LogP contribution is -2.32. The molecule has 0 saturated carbocycles. The zero-order valence-electron chi connectivity index (χ0n) is 13.9. The van der Waals surface area contributed by atoms with Crippen LogP contribution < -0.4 is 10.9 Å². The van der Waals surface area contributed by atoms with Crippen molar-refractivity contribution in [1.82, 2.24) is 14.3 Å². The van der Waals surface area contributed by atoms with E-state index in [4.69, 9.17) is 11.6 Å². The molecule has 0 aliphatic rings. The van der Waals surface area contributed by atoms with E-state index in [1.807, 2.05) is 53.1 Å². The van der Waals surface area contributed by atoms with Gasteiger partial charge in [0.05, 0.1) is 11.0 Å². The van der Waals surface area contributed by atoms with Crippen LogP contribution in [0.1, 0.15) is 5.56 Å². The highest BCUT2D eigenvalue weighted by atomic mass is 35.5. The molecule has 5 nitrogen and oxygen atoms in total. The molecule has 0 aliphatic carbocycles. The molecular formula is C20H16ClN3O2. The Labute approximate surface area is 154 Å². The summed E-state index contributed by atoms with van der Waals surface area (Å²) in [5, 5.41) is 3.47. The van der Waals surface area contributed by atoms with Crippen molar-refractivity contribution in [3.05, 3.63) is 87.8 Å². The van der Waals surface area contributed by atoms with Gasteiger partial charge in [-0.15, -0.1) is 0 Å². The summed E-state index contributed by atoms with van der Waals surface area (Å²) < 4.78 is 3.36. The zero-order valence-corrected chi connectivity index (χ0v) is 14.6. The van der Waals surface area contributed by atoms with Crippen molar-refractivity contribution in [2.24, 2.45) is 0 Å². The van der Waals surface area contributed by atoms with Crippen molar-refractivity contribution in [2.75, 3.05) is 0 Å². The summed E-state index contributed by atoms with van der Waals surface area (Å²) in [7, 11) is 0. The third-order valence-electron chi connectivity index (χ3n) is 4.33. The fourth-order valence-corrected chi connectivity index (χ4v) is 3.33. The maximum Gasteiger partial charge on any atom is 0.275 e. The van der Waals surface area contributed by atoms with Crippen LogP contribution in [0.15, 0.2) is 71.7 Å². The van der Waals surface area contributed by atoms with Crippen molar-refractivity contribution in [1.29, 1.82) is 0 Å². The molecule has 130 valence electrons. The van der Waals surface area contributed by atoms with Gasteiger partial charge < -0.3 is 9.72 Å². The van der Waals surface area contributed by atoms with E-state index >= 15 is 0 Å². The zero-order chi connectivity index (χ0) is 18.1. The smallest absolute Gasteiger partial charge is 0.275 e. The standard InChI is InChI=1S/C20H16ClN3O2/c21-15-6-3-5-14(11-15)12-22-19(25)13-24-17-8-2-1-7-16(17)23-10-4-9-18(23)20(24)26/h1-11H,12-13H2,(H,22,25). The molecule has 1 amide bonds. The number of benzene rings is 2. The molecule has 0 bridgehead atoms. The summed E-state index contributed by atoms with van der Waals surface area (Å²) in [5.41, 5.74) is 2.87. The molecule has 4 rings (SSSR count). The fraction of sp³-hybridized carbons (Fsp3) is 0.100. The number of hydrogen-bond donors (Lipinski definition) is 1. The Morgan fingerprint density at radius 3 is 2.54 bits per heavy atom. The van der Waals surface area contributed by atoms with Crippen LogP contribution in [0.2, 0.25) is 5.02 Å². The number of amides is 1. The van der Waals surface area contributed by atoms with E-state index in [-0.39, 0.29) is 18.0 Å². The van der Waals surface area contributed by atoms with Crippen LogP contribution in [0.5, 0.6) is 0 Å². The maximum absolute atomic E-state index is 12.8. The van der Waals surface area contributed by atoms with Crippen molar-refractivity contribution in [3.63, 3.8) is 0 Å². The van der Waals surface area contributed by atoms with Crippen LogP contribution in [-0.2, 0) is 17.9 Å². The third kappa shape index (κ3) is 2.97. The first kappa shape index (κ1) is 16.4. The lowest BCUT2D eigenvalue weighted by atomic mass is 10.2. The van der Waals surface area contributed by atoms with Crippen molar-refractivity contribution >= 4 is 34.1 Å². The Kier molecular flexibility index (Phi) is 4.22. The number of nitrogens with one attached hydrogen (secondary N) is 1. The van der Waals surface area contributed by atoms with E-state index < -0.39 is 0 Å². The molecule has 0 spiro atoms. The first-order valence-corrected chi connectivity index (χ1v) is 8.61. The second-order valence-corrected chi connectivity index (χ2v) is 6.49. The number of nitrogens with zero attached hydrogens (tertiary/aromatic N) is 2. The molecule has 0 radical (unpaired) electrons. The number of aromatic nitrogens is 2. The number of halogens is 1. The molecule has 0 saturated heterocycles. The molecule has 1 N–H and O–H groups in total. The van der Waals surface area contributed by atoms with E-state index in [9.17, 15) is 9.59 Å². The van der Waals surface area contributed by atoms with E-state index in [1.165, 1.54) is 4.57 Å². The lowest BCUT2D eigenvalue weighted by Gasteiger charge is -2.13. The highest BCUT2D eigenvalue weighted by molar-refractivity contribution is 6.30. The van der Waals surface area contributed by atoms with Gasteiger partial charge in [0, 0.05) is 17.8 Å². The van der Waals surface area contributed by atoms with Gasteiger partial charge in [-0.05, 0) is 42.0 Å². The molecule has 0 aliphatic heterocycles. The average molecular weight is 366 g/mol. The lowest BCUT2D eigenvalue weighted by molar-refractivity contribution is -0.121. The Morgan fingerprint density at radius 1 is 0.962 bits per heavy atom. The minimum atomic E-state index is -0.229. The van der Waals surface area contributed by atoms with Crippen LogP contribution in [0.3, 0.4) is 0 Å². The van der Waals surface area contributed by atoms with Gasteiger partial charge in [0.25, 0.3) is 5.56 Å². The summed E-state index contributed by atoms with van der Waals surface area (Å²) in [4.78, 5) is 25.2. The van der Waals surface area contributed by atoms with E-state index in [2.05, 4.69) is 5.32 Å². The third-order valence-corrected chi connectivity index (χ3v) is 4.56. The van der Waals surface area contributed by atoms with Crippen molar-refractivity contribution in [2.45, 2.75) is 13.1 Å². The first-order valence-electron chi connectivity index (χ1n) is 8.23. The number of fused-ring (bicyclic) bond motifs is 3. The van der Waals surface area contributed by atoms with Gasteiger partial charge in [-0.3, -0.25) is 14.2 Å². The minimum absolute atomic E-state index is 0.0401. The number of carbonyl (C=O) groups is 1. The van der Waals surface area contributed by atoms with Crippen LogP contribution in [-0.4, -0.2) is 14.9 Å². The maximum atomic E-state index is 12.8. The van der Waals surface area contributed by atoms with E-state index in [0.717, 1.165) is 16.6 Å².